The van der Waals surface area contributed by atoms with E-state index < -0.39 is 0 Å². The van der Waals surface area contributed by atoms with Crippen molar-refractivity contribution in [2.24, 2.45) is 0 Å². The highest BCUT2D eigenvalue weighted by molar-refractivity contribution is 7.09. The highest BCUT2D eigenvalue weighted by atomic mass is 35.5. The van der Waals surface area contributed by atoms with Gasteiger partial charge in [-0.3, -0.25) is 4.79 Å². The van der Waals surface area contributed by atoms with Gasteiger partial charge in [-0.25, -0.2) is 0 Å². The first-order valence-corrected chi connectivity index (χ1v) is 9.02. The molecule has 0 saturated carbocycles. The summed E-state index contributed by atoms with van der Waals surface area (Å²) in [4.78, 5) is 15.9. The smallest absolute Gasteiger partial charge is 0.227 e. The molecule has 0 radical (unpaired) electrons. The molecular weight excluding hydrogens is 342 g/mol. The highest BCUT2D eigenvalue weighted by Gasteiger charge is 2.15. The second-order valence-corrected chi connectivity index (χ2v) is 7.05. The second-order valence-electron chi connectivity index (χ2n) is 5.58. The number of amides is 1. The summed E-state index contributed by atoms with van der Waals surface area (Å²) < 4.78 is 5.13. The van der Waals surface area contributed by atoms with Crippen molar-refractivity contribution >= 4 is 28.8 Å². The first-order valence-electron chi connectivity index (χ1n) is 7.76. The molecule has 3 nitrogen and oxygen atoms in total. The second kappa shape index (κ2) is 8.18. The fourth-order valence-corrected chi connectivity index (χ4v) is 3.31. The van der Waals surface area contributed by atoms with Crippen LogP contribution in [0.4, 0.5) is 0 Å². The molecule has 2 heterocycles. The Hall–Kier alpha value is -2.04. The zero-order chi connectivity index (χ0) is 16.8. The van der Waals surface area contributed by atoms with E-state index in [9.17, 15) is 4.79 Å². The number of halogens is 1. The van der Waals surface area contributed by atoms with Crippen LogP contribution in [0.2, 0.25) is 5.02 Å². The number of carbonyl (C=O) groups excluding carboxylic acids is 1. The Balaban J connectivity index is 1.67. The monoisotopic (exact) mass is 359 g/mol. The van der Waals surface area contributed by atoms with Crippen LogP contribution in [-0.4, -0.2) is 17.4 Å². The van der Waals surface area contributed by atoms with Crippen LogP contribution in [0.5, 0.6) is 0 Å². The topological polar surface area (TPSA) is 33.5 Å². The van der Waals surface area contributed by atoms with Gasteiger partial charge in [-0.15, -0.1) is 11.3 Å². The zero-order valence-corrected chi connectivity index (χ0v) is 14.7. The zero-order valence-electron chi connectivity index (χ0n) is 13.2. The number of rotatable bonds is 7. The van der Waals surface area contributed by atoms with Crippen LogP contribution < -0.4 is 0 Å². The lowest BCUT2D eigenvalue weighted by Gasteiger charge is -2.22. The molecule has 124 valence electrons. The number of hydrogen-bond acceptors (Lipinski definition) is 3. The molecule has 0 aliphatic carbocycles. The molecule has 2 aromatic heterocycles. The Morgan fingerprint density at radius 3 is 2.62 bits per heavy atom. The fraction of sp³-hybridized carbons (Fsp3) is 0.211. The Bertz CT molecular complexity index is 751. The maximum absolute atomic E-state index is 12.7. The molecule has 1 amide bonds. The van der Waals surface area contributed by atoms with Gasteiger partial charge in [0.1, 0.15) is 0 Å². The van der Waals surface area contributed by atoms with E-state index in [4.69, 9.17) is 16.0 Å². The molecule has 24 heavy (non-hydrogen) atoms. The van der Waals surface area contributed by atoms with E-state index in [2.05, 4.69) is 11.4 Å². The molecule has 5 heteroatoms. The summed E-state index contributed by atoms with van der Waals surface area (Å²) in [5, 5.41) is 2.74. The van der Waals surface area contributed by atoms with E-state index in [-0.39, 0.29) is 5.91 Å². The number of thiophene rings is 1. The quantitative estimate of drug-likeness (QED) is 0.606. The first kappa shape index (κ1) is 16.8. The SMILES string of the molecule is O=C(Cc1ccc(Cl)cc1)N(CCc1cccs1)Cc1ccoc1. The molecule has 1 aromatic carbocycles. The average Bonchev–Trinajstić information content (AvgIpc) is 3.27. The molecule has 0 saturated heterocycles. The summed E-state index contributed by atoms with van der Waals surface area (Å²) in [5.41, 5.74) is 1.98. The molecular formula is C19H18ClNO2S. The van der Waals surface area contributed by atoms with Crippen molar-refractivity contribution in [2.45, 2.75) is 19.4 Å². The minimum atomic E-state index is 0.107. The Kier molecular flexibility index (Phi) is 5.72. The van der Waals surface area contributed by atoms with Crippen molar-refractivity contribution in [2.75, 3.05) is 6.54 Å². The van der Waals surface area contributed by atoms with E-state index in [1.54, 1.807) is 23.9 Å². The maximum atomic E-state index is 12.7. The van der Waals surface area contributed by atoms with E-state index in [1.807, 2.05) is 41.3 Å². The fourth-order valence-electron chi connectivity index (χ4n) is 2.48. The average molecular weight is 360 g/mol. The van der Waals surface area contributed by atoms with Crippen LogP contribution in [0.3, 0.4) is 0 Å². The van der Waals surface area contributed by atoms with Gasteiger partial charge in [-0.05, 0) is 41.6 Å². The summed E-state index contributed by atoms with van der Waals surface area (Å²) in [7, 11) is 0. The van der Waals surface area contributed by atoms with Gasteiger partial charge < -0.3 is 9.32 Å². The normalized spacial score (nSPS) is 10.7. The number of hydrogen-bond donors (Lipinski definition) is 0. The molecule has 0 spiro atoms. The van der Waals surface area contributed by atoms with Gasteiger partial charge in [0.2, 0.25) is 5.91 Å². The predicted molar refractivity (Wildman–Crippen MR) is 97.3 cm³/mol. The van der Waals surface area contributed by atoms with Crippen molar-refractivity contribution in [1.82, 2.24) is 4.90 Å². The molecule has 0 fully saturated rings. The molecule has 0 atom stereocenters. The number of benzene rings is 1. The number of nitrogens with zero attached hydrogens (tertiary/aromatic N) is 1. The Morgan fingerprint density at radius 1 is 1.12 bits per heavy atom. The summed E-state index contributed by atoms with van der Waals surface area (Å²) in [6, 6.07) is 13.5. The molecule has 0 N–H and O–H groups in total. The Morgan fingerprint density at radius 2 is 1.96 bits per heavy atom. The third-order valence-corrected chi connectivity index (χ3v) is 4.97. The van der Waals surface area contributed by atoms with Crippen molar-refractivity contribution in [3.05, 3.63) is 81.4 Å². The van der Waals surface area contributed by atoms with Crippen LogP contribution in [0.25, 0.3) is 0 Å². The van der Waals surface area contributed by atoms with Gasteiger partial charge in [0.15, 0.2) is 0 Å². The van der Waals surface area contributed by atoms with E-state index in [1.165, 1.54) is 4.88 Å². The maximum Gasteiger partial charge on any atom is 0.227 e. The van der Waals surface area contributed by atoms with Crippen LogP contribution in [0.1, 0.15) is 16.0 Å². The number of carbonyl (C=O) groups is 1. The molecule has 0 aliphatic heterocycles. The first-order chi connectivity index (χ1) is 11.7. The van der Waals surface area contributed by atoms with Gasteiger partial charge in [0, 0.05) is 28.6 Å². The van der Waals surface area contributed by atoms with Crippen LogP contribution in [0, 0.1) is 0 Å². The molecule has 3 aromatic rings. The Labute approximate surface area is 150 Å². The standard InChI is InChI=1S/C19H18ClNO2S/c20-17-5-3-15(4-6-17)12-19(22)21(13-16-8-10-23-14-16)9-7-18-2-1-11-24-18/h1-6,8,10-11,14H,7,9,12-13H2. The van der Waals surface area contributed by atoms with E-state index in [0.29, 0.717) is 24.5 Å². The van der Waals surface area contributed by atoms with E-state index >= 15 is 0 Å². The van der Waals surface area contributed by atoms with Gasteiger partial charge in [-0.2, -0.15) is 0 Å². The lowest BCUT2D eigenvalue weighted by Crippen LogP contribution is -2.33. The minimum absolute atomic E-state index is 0.107. The molecule has 3 rings (SSSR count). The van der Waals surface area contributed by atoms with Gasteiger partial charge in [-0.1, -0.05) is 29.8 Å². The van der Waals surface area contributed by atoms with Crippen molar-refractivity contribution in [3.8, 4) is 0 Å². The van der Waals surface area contributed by atoms with Gasteiger partial charge in [0.05, 0.1) is 18.9 Å². The summed E-state index contributed by atoms with van der Waals surface area (Å²) in [5.74, 6) is 0.107. The molecule has 0 aliphatic rings. The number of furan rings is 1. The third kappa shape index (κ3) is 4.73. The van der Waals surface area contributed by atoms with Crippen LogP contribution in [-0.2, 0) is 24.2 Å². The van der Waals surface area contributed by atoms with Gasteiger partial charge >= 0.3 is 0 Å². The van der Waals surface area contributed by atoms with Crippen molar-refractivity contribution < 1.29 is 9.21 Å². The lowest BCUT2D eigenvalue weighted by molar-refractivity contribution is -0.131. The van der Waals surface area contributed by atoms with Crippen LogP contribution in [0.15, 0.2) is 64.8 Å². The third-order valence-electron chi connectivity index (χ3n) is 3.78. The summed E-state index contributed by atoms with van der Waals surface area (Å²) >= 11 is 7.63. The largest absolute Gasteiger partial charge is 0.472 e. The van der Waals surface area contributed by atoms with Crippen molar-refractivity contribution in [3.63, 3.8) is 0 Å². The predicted octanol–water partition coefficient (Wildman–Crippen LogP) is 4.81. The highest BCUT2D eigenvalue weighted by Crippen LogP contribution is 2.15. The van der Waals surface area contributed by atoms with Crippen LogP contribution >= 0.6 is 22.9 Å². The molecule has 0 bridgehead atoms. The minimum Gasteiger partial charge on any atom is -0.472 e. The lowest BCUT2D eigenvalue weighted by atomic mass is 10.1. The van der Waals surface area contributed by atoms with E-state index in [0.717, 1.165) is 17.5 Å². The summed E-state index contributed by atoms with van der Waals surface area (Å²) in [6.45, 7) is 1.26. The van der Waals surface area contributed by atoms with Gasteiger partial charge in [0.25, 0.3) is 0 Å². The van der Waals surface area contributed by atoms with Crippen molar-refractivity contribution in [1.29, 1.82) is 0 Å². The summed E-state index contributed by atoms with van der Waals surface area (Å²) in [6.07, 6.45) is 4.56. The molecule has 0 unspecified atom stereocenters.